The van der Waals surface area contributed by atoms with E-state index in [-0.39, 0.29) is 6.61 Å². The number of fused-ring (bicyclic) bond motifs is 1. The first-order valence-electron chi connectivity index (χ1n) is 6.87. The molecule has 0 radical (unpaired) electrons. The molecule has 0 fully saturated rings. The normalized spacial score (nSPS) is 11.3. The lowest BCUT2D eigenvalue weighted by molar-refractivity contribution is 0.248. The third-order valence-corrected chi connectivity index (χ3v) is 3.50. The Morgan fingerprint density at radius 2 is 2.05 bits per heavy atom. The van der Waals surface area contributed by atoms with Crippen LogP contribution in [0, 0.1) is 0 Å². The lowest BCUT2D eigenvalue weighted by Crippen LogP contribution is -2.01. The molecule has 1 aromatic carbocycles. The Morgan fingerprint density at radius 3 is 2.82 bits per heavy atom. The summed E-state index contributed by atoms with van der Waals surface area (Å²) >= 11 is 0. The molecular formula is C16H13N3O3. The van der Waals surface area contributed by atoms with Gasteiger partial charge in [0.2, 0.25) is 0 Å². The molecule has 0 spiro atoms. The smallest absolute Gasteiger partial charge is 0.180 e. The van der Waals surface area contributed by atoms with Gasteiger partial charge in [0.05, 0.1) is 12.1 Å². The van der Waals surface area contributed by atoms with E-state index in [1.54, 1.807) is 12.3 Å². The quantitative estimate of drug-likeness (QED) is 0.626. The maximum atomic E-state index is 9.15. The summed E-state index contributed by atoms with van der Waals surface area (Å²) in [4.78, 5) is 4.13. The van der Waals surface area contributed by atoms with E-state index in [2.05, 4.69) is 10.1 Å². The van der Waals surface area contributed by atoms with Crippen molar-refractivity contribution < 1.29 is 13.9 Å². The van der Waals surface area contributed by atoms with E-state index in [1.165, 1.54) is 6.39 Å². The Balaban J connectivity index is 1.85. The van der Waals surface area contributed by atoms with Crippen LogP contribution in [0.5, 0.6) is 0 Å². The predicted molar refractivity (Wildman–Crippen MR) is 79.0 cm³/mol. The van der Waals surface area contributed by atoms with Crippen LogP contribution in [0.3, 0.4) is 0 Å². The van der Waals surface area contributed by atoms with Gasteiger partial charge in [-0.1, -0.05) is 18.2 Å². The van der Waals surface area contributed by atoms with Gasteiger partial charge in [-0.3, -0.25) is 4.68 Å². The molecule has 0 saturated carbocycles. The van der Waals surface area contributed by atoms with Crippen LogP contribution >= 0.6 is 0 Å². The van der Waals surface area contributed by atoms with Crippen LogP contribution < -0.4 is 0 Å². The zero-order valence-electron chi connectivity index (χ0n) is 11.6. The summed E-state index contributed by atoms with van der Waals surface area (Å²) in [6, 6.07) is 11.5. The molecule has 6 heteroatoms. The lowest BCUT2D eigenvalue weighted by atomic mass is 10.2. The first-order chi connectivity index (χ1) is 10.8. The molecule has 3 heterocycles. The van der Waals surface area contributed by atoms with Gasteiger partial charge in [-0.15, -0.1) is 0 Å². The van der Waals surface area contributed by atoms with E-state index < -0.39 is 0 Å². The fraction of sp³-hybridized carbons (Fsp3) is 0.125. The molecule has 110 valence electrons. The van der Waals surface area contributed by atoms with E-state index in [9.17, 15) is 0 Å². The van der Waals surface area contributed by atoms with Gasteiger partial charge in [0.15, 0.2) is 12.2 Å². The van der Waals surface area contributed by atoms with Gasteiger partial charge in [0.25, 0.3) is 0 Å². The first kappa shape index (κ1) is 12.8. The molecule has 0 unspecified atom stereocenters. The lowest BCUT2D eigenvalue weighted by Gasteiger charge is -1.99. The van der Waals surface area contributed by atoms with Gasteiger partial charge in [0, 0.05) is 5.39 Å². The van der Waals surface area contributed by atoms with E-state index in [1.807, 2.05) is 35.0 Å². The number of para-hydroxylation sites is 1. The number of aromatic nitrogens is 3. The Morgan fingerprint density at radius 1 is 1.14 bits per heavy atom. The minimum atomic E-state index is -0.127. The zero-order chi connectivity index (χ0) is 14.9. The van der Waals surface area contributed by atoms with Gasteiger partial charge in [-0.05, 0) is 18.2 Å². The third kappa shape index (κ3) is 2.10. The molecule has 4 rings (SSSR count). The number of aliphatic hydroxyl groups is 1. The SMILES string of the molecule is OCc1ccc(-c2nn(Cc3cocn3)c3ccccc23)o1. The molecule has 0 aliphatic rings. The van der Waals surface area contributed by atoms with Crippen molar-refractivity contribution in [2.75, 3.05) is 0 Å². The minimum absolute atomic E-state index is 0.127. The molecule has 22 heavy (non-hydrogen) atoms. The second-order valence-electron chi connectivity index (χ2n) is 4.93. The fourth-order valence-electron chi connectivity index (χ4n) is 2.49. The largest absolute Gasteiger partial charge is 0.457 e. The van der Waals surface area contributed by atoms with Crippen molar-refractivity contribution in [2.45, 2.75) is 13.2 Å². The van der Waals surface area contributed by atoms with Gasteiger partial charge in [-0.2, -0.15) is 5.10 Å². The van der Waals surface area contributed by atoms with Crippen LogP contribution in [-0.4, -0.2) is 19.9 Å². The summed E-state index contributed by atoms with van der Waals surface area (Å²) in [5.74, 6) is 1.16. The number of furan rings is 1. The second-order valence-corrected chi connectivity index (χ2v) is 4.93. The highest BCUT2D eigenvalue weighted by atomic mass is 16.4. The summed E-state index contributed by atoms with van der Waals surface area (Å²) in [5.41, 5.74) is 2.54. The van der Waals surface area contributed by atoms with Crippen LogP contribution in [0.4, 0.5) is 0 Å². The zero-order valence-corrected chi connectivity index (χ0v) is 11.6. The Kier molecular flexibility index (Phi) is 3.01. The van der Waals surface area contributed by atoms with Crippen molar-refractivity contribution in [2.24, 2.45) is 0 Å². The fourth-order valence-corrected chi connectivity index (χ4v) is 2.49. The van der Waals surface area contributed by atoms with Crippen molar-refractivity contribution >= 4 is 10.9 Å². The van der Waals surface area contributed by atoms with E-state index in [0.29, 0.717) is 18.1 Å². The number of aliphatic hydroxyl groups excluding tert-OH is 1. The number of benzene rings is 1. The first-order valence-corrected chi connectivity index (χ1v) is 6.87. The average Bonchev–Trinajstić information content (AvgIpc) is 3.27. The maximum Gasteiger partial charge on any atom is 0.180 e. The van der Waals surface area contributed by atoms with Crippen LogP contribution in [0.1, 0.15) is 11.5 Å². The Labute approximate surface area is 125 Å². The summed E-state index contributed by atoms with van der Waals surface area (Å²) in [7, 11) is 0. The molecule has 4 aromatic rings. The van der Waals surface area contributed by atoms with Gasteiger partial charge in [-0.25, -0.2) is 4.98 Å². The summed E-state index contributed by atoms with van der Waals surface area (Å²) < 4.78 is 12.5. The molecule has 0 amide bonds. The van der Waals surface area contributed by atoms with Crippen molar-refractivity contribution in [1.29, 1.82) is 0 Å². The third-order valence-electron chi connectivity index (χ3n) is 3.50. The summed E-state index contributed by atoms with van der Waals surface area (Å²) in [6.07, 6.45) is 3.01. The summed E-state index contributed by atoms with van der Waals surface area (Å²) in [5, 5.41) is 14.8. The number of hydrogen-bond acceptors (Lipinski definition) is 5. The van der Waals surface area contributed by atoms with Crippen LogP contribution in [0.2, 0.25) is 0 Å². The van der Waals surface area contributed by atoms with Crippen molar-refractivity contribution in [3.63, 3.8) is 0 Å². The average molecular weight is 295 g/mol. The minimum Gasteiger partial charge on any atom is -0.457 e. The van der Waals surface area contributed by atoms with Crippen molar-refractivity contribution in [3.05, 3.63) is 60.5 Å². The van der Waals surface area contributed by atoms with E-state index >= 15 is 0 Å². The predicted octanol–water partition coefficient (Wildman–Crippen LogP) is 2.82. The number of nitrogens with zero attached hydrogens (tertiary/aromatic N) is 3. The van der Waals surface area contributed by atoms with Crippen molar-refractivity contribution in [3.8, 4) is 11.5 Å². The molecule has 0 saturated heterocycles. The molecule has 0 aliphatic heterocycles. The standard InChI is InChI=1S/C16H13N3O3/c20-8-12-5-6-15(22-12)16-13-3-1-2-4-14(13)19(18-16)7-11-9-21-10-17-11/h1-6,9-10,20H,7-8H2. The Bertz CT molecular complexity index is 906. The van der Waals surface area contributed by atoms with Gasteiger partial charge < -0.3 is 13.9 Å². The highest BCUT2D eigenvalue weighted by Gasteiger charge is 2.15. The number of oxazole rings is 1. The molecule has 0 bridgehead atoms. The van der Waals surface area contributed by atoms with Crippen LogP contribution in [-0.2, 0) is 13.2 Å². The molecule has 0 atom stereocenters. The summed E-state index contributed by atoms with van der Waals surface area (Å²) in [6.45, 7) is 0.391. The maximum absolute atomic E-state index is 9.15. The van der Waals surface area contributed by atoms with Crippen LogP contribution in [0.25, 0.3) is 22.4 Å². The van der Waals surface area contributed by atoms with Crippen LogP contribution in [0.15, 0.2) is 57.9 Å². The molecule has 1 N–H and O–H groups in total. The molecule has 3 aromatic heterocycles. The second kappa shape index (κ2) is 5.16. The van der Waals surface area contributed by atoms with Gasteiger partial charge in [0.1, 0.15) is 30.0 Å². The molecule has 6 nitrogen and oxygen atoms in total. The highest BCUT2D eigenvalue weighted by Crippen LogP contribution is 2.29. The Hall–Kier alpha value is -2.86. The molecule has 0 aliphatic carbocycles. The monoisotopic (exact) mass is 295 g/mol. The molecular weight excluding hydrogens is 282 g/mol. The van der Waals surface area contributed by atoms with Crippen molar-refractivity contribution in [1.82, 2.24) is 14.8 Å². The highest BCUT2D eigenvalue weighted by molar-refractivity contribution is 5.92. The number of hydrogen-bond donors (Lipinski definition) is 1. The van der Waals surface area contributed by atoms with Gasteiger partial charge >= 0.3 is 0 Å². The van der Waals surface area contributed by atoms with E-state index in [4.69, 9.17) is 13.9 Å². The number of rotatable bonds is 4. The topological polar surface area (TPSA) is 77.2 Å². The van der Waals surface area contributed by atoms with E-state index in [0.717, 1.165) is 22.3 Å².